The van der Waals surface area contributed by atoms with Crippen LogP contribution in [-0.2, 0) is 28.6 Å². The molecule has 0 amide bonds. The molecule has 0 heterocycles. The van der Waals surface area contributed by atoms with Crippen molar-refractivity contribution in [3.8, 4) is 0 Å². The van der Waals surface area contributed by atoms with Gasteiger partial charge in [0.1, 0.15) is 13.2 Å². The molecule has 59 heavy (non-hydrogen) atoms. The van der Waals surface area contributed by atoms with Gasteiger partial charge in [0.25, 0.3) is 0 Å². The zero-order valence-electron chi connectivity index (χ0n) is 39.5. The van der Waals surface area contributed by atoms with E-state index < -0.39 is 6.10 Å². The van der Waals surface area contributed by atoms with Crippen LogP contribution in [0.25, 0.3) is 0 Å². The van der Waals surface area contributed by atoms with Gasteiger partial charge in [-0.25, -0.2) is 0 Å². The molecule has 1 unspecified atom stereocenters. The van der Waals surface area contributed by atoms with Crippen molar-refractivity contribution >= 4 is 17.9 Å². The van der Waals surface area contributed by atoms with Crippen LogP contribution in [0.2, 0.25) is 0 Å². The van der Waals surface area contributed by atoms with Crippen molar-refractivity contribution < 1.29 is 28.6 Å². The number of unbranched alkanes of at least 4 members (excludes halogenated alkanes) is 32. The number of allylic oxidation sites excluding steroid dienone is 4. The lowest BCUT2D eigenvalue weighted by atomic mass is 10.0. The molecule has 6 heteroatoms. The Kier molecular flexibility index (Phi) is 46.8. The molecule has 0 aliphatic carbocycles. The number of carbonyl (C=O) groups is 3. The standard InChI is InChI=1S/C53H98O6/c1-4-7-10-13-16-19-22-23-24-25-26-27-28-29-30-32-34-37-40-43-46-52(55)58-49-50(48-57-51(54)45-42-39-36-33-21-18-15-12-9-6-3)59-53(56)47-44-41-38-35-31-20-17-14-11-8-5-2/h12,14-15,17,50H,4-11,13,16,18-49H2,1-3H3/b15-12-,17-14-. The van der Waals surface area contributed by atoms with E-state index in [9.17, 15) is 14.4 Å². The first-order chi connectivity index (χ1) is 29.0. The van der Waals surface area contributed by atoms with Gasteiger partial charge in [-0.05, 0) is 57.8 Å². The van der Waals surface area contributed by atoms with E-state index in [1.165, 1.54) is 154 Å². The summed E-state index contributed by atoms with van der Waals surface area (Å²) in [6, 6.07) is 0. The molecular formula is C53H98O6. The largest absolute Gasteiger partial charge is 0.462 e. The minimum Gasteiger partial charge on any atom is -0.462 e. The molecule has 0 aliphatic heterocycles. The second kappa shape index (κ2) is 48.6. The van der Waals surface area contributed by atoms with Gasteiger partial charge in [0.05, 0.1) is 0 Å². The summed E-state index contributed by atoms with van der Waals surface area (Å²) in [6.45, 7) is 6.55. The van der Waals surface area contributed by atoms with Crippen LogP contribution in [0, 0.1) is 0 Å². The van der Waals surface area contributed by atoms with Gasteiger partial charge in [-0.3, -0.25) is 14.4 Å². The maximum atomic E-state index is 12.7. The van der Waals surface area contributed by atoms with E-state index in [-0.39, 0.29) is 31.1 Å². The van der Waals surface area contributed by atoms with E-state index in [1.54, 1.807) is 0 Å². The average Bonchev–Trinajstić information content (AvgIpc) is 3.23. The summed E-state index contributed by atoms with van der Waals surface area (Å²) in [6.07, 6.45) is 54.6. The minimum atomic E-state index is -0.773. The lowest BCUT2D eigenvalue weighted by molar-refractivity contribution is -0.167. The molecule has 0 saturated heterocycles. The number of rotatable bonds is 47. The van der Waals surface area contributed by atoms with E-state index in [4.69, 9.17) is 14.2 Å². The molecule has 6 nitrogen and oxygen atoms in total. The van der Waals surface area contributed by atoms with Crippen LogP contribution in [0.1, 0.15) is 278 Å². The molecule has 0 saturated carbocycles. The molecular weight excluding hydrogens is 733 g/mol. The second-order valence-electron chi connectivity index (χ2n) is 17.4. The Labute approximate surface area is 366 Å². The van der Waals surface area contributed by atoms with E-state index in [0.29, 0.717) is 19.3 Å². The topological polar surface area (TPSA) is 78.9 Å². The van der Waals surface area contributed by atoms with Gasteiger partial charge in [-0.2, -0.15) is 0 Å². The maximum Gasteiger partial charge on any atom is 0.306 e. The van der Waals surface area contributed by atoms with Crippen LogP contribution in [-0.4, -0.2) is 37.2 Å². The first-order valence-electron chi connectivity index (χ1n) is 25.8. The van der Waals surface area contributed by atoms with Gasteiger partial charge in [0, 0.05) is 19.3 Å². The first-order valence-corrected chi connectivity index (χ1v) is 25.8. The highest BCUT2D eigenvalue weighted by molar-refractivity contribution is 5.71. The van der Waals surface area contributed by atoms with Crippen LogP contribution >= 0.6 is 0 Å². The minimum absolute atomic E-state index is 0.0739. The predicted octanol–water partition coefficient (Wildman–Crippen LogP) is 16.8. The zero-order valence-corrected chi connectivity index (χ0v) is 39.5. The van der Waals surface area contributed by atoms with Gasteiger partial charge < -0.3 is 14.2 Å². The summed E-state index contributed by atoms with van der Waals surface area (Å²) in [5.74, 6) is -0.884. The van der Waals surface area contributed by atoms with Crippen molar-refractivity contribution in [3.63, 3.8) is 0 Å². The third-order valence-corrected chi connectivity index (χ3v) is 11.4. The number of hydrogen-bond acceptors (Lipinski definition) is 6. The van der Waals surface area contributed by atoms with Crippen LogP contribution in [0.3, 0.4) is 0 Å². The van der Waals surface area contributed by atoms with Crippen LogP contribution in [0.15, 0.2) is 24.3 Å². The number of hydrogen-bond donors (Lipinski definition) is 0. The van der Waals surface area contributed by atoms with Crippen molar-refractivity contribution in [2.45, 2.75) is 284 Å². The van der Waals surface area contributed by atoms with Crippen molar-refractivity contribution in [1.82, 2.24) is 0 Å². The summed E-state index contributed by atoms with van der Waals surface area (Å²) in [7, 11) is 0. The highest BCUT2D eigenvalue weighted by Crippen LogP contribution is 2.16. The Morgan fingerprint density at radius 2 is 0.610 bits per heavy atom. The lowest BCUT2D eigenvalue weighted by Gasteiger charge is -2.18. The van der Waals surface area contributed by atoms with Crippen LogP contribution < -0.4 is 0 Å². The van der Waals surface area contributed by atoms with E-state index in [2.05, 4.69) is 45.1 Å². The first kappa shape index (κ1) is 56.9. The third kappa shape index (κ3) is 46.8. The Morgan fingerprint density at radius 3 is 0.966 bits per heavy atom. The van der Waals surface area contributed by atoms with Gasteiger partial charge in [-0.15, -0.1) is 0 Å². The molecule has 0 bridgehead atoms. The highest BCUT2D eigenvalue weighted by atomic mass is 16.6. The smallest absolute Gasteiger partial charge is 0.306 e. The molecule has 0 fully saturated rings. The molecule has 0 aromatic carbocycles. The number of carbonyl (C=O) groups excluding carboxylic acids is 3. The Bertz CT molecular complexity index is 958. The molecule has 0 rings (SSSR count). The summed E-state index contributed by atoms with van der Waals surface area (Å²) in [5, 5.41) is 0. The maximum absolute atomic E-state index is 12.7. The molecule has 0 aromatic rings. The van der Waals surface area contributed by atoms with Crippen molar-refractivity contribution in [2.24, 2.45) is 0 Å². The summed E-state index contributed by atoms with van der Waals surface area (Å²) >= 11 is 0. The highest BCUT2D eigenvalue weighted by Gasteiger charge is 2.19. The predicted molar refractivity (Wildman–Crippen MR) is 252 cm³/mol. The van der Waals surface area contributed by atoms with Crippen molar-refractivity contribution in [3.05, 3.63) is 24.3 Å². The lowest BCUT2D eigenvalue weighted by Crippen LogP contribution is -2.30. The fourth-order valence-corrected chi connectivity index (χ4v) is 7.49. The third-order valence-electron chi connectivity index (χ3n) is 11.4. The molecule has 346 valence electrons. The Morgan fingerprint density at radius 1 is 0.322 bits per heavy atom. The SMILES string of the molecule is CCC/C=C\CCCCCCCC(=O)OCC(COC(=O)CCCCCCCCCCCCCCCCCCCCCC)OC(=O)CCCCCCC/C=C\CCCC. The monoisotopic (exact) mass is 831 g/mol. The zero-order chi connectivity index (χ0) is 43.0. The van der Waals surface area contributed by atoms with Gasteiger partial charge in [0.2, 0.25) is 0 Å². The summed E-state index contributed by atoms with van der Waals surface area (Å²) < 4.78 is 16.7. The van der Waals surface area contributed by atoms with Crippen LogP contribution in [0.4, 0.5) is 0 Å². The summed E-state index contributed by atoms with van der Waals surface area (Å²) in [4.78, 5) is 37.8. The molecule has 0 aromatic heterocycles. The van der Waals surface area contributed by atoms with Crippen LogP contribution in [0.5, 0.6) is 0 Å². The fraction of sp³-hybridized carbons (Fsp3) is 0.868. The Balaban J connectivity index is 4.22. The van der Waals surface area contributed by atoms with Gasteiger partial charge >= 0.3 is 17.9 Å². The number of ether oxygens (including phenoxy) is 3. The van der Waals surface area contributed by atoms with Crippen molar-refractivity contribution in [1.29, 1.82) is 0 Å². The fourth-order valence-electron chi connectivity index (χ4n) is 7.49. The average molecular weight is 831 g/mol. The van der Waals surface area contributed by atoms with E-state index >= 15 is 0 Å². The molecule has 0 N–H and O–H groups in total. The van der Waals surface area contributed by atoms with Gasteiger partial charge in [0.15, 0.2) is 6.10 Å². The van der Waals surface area contributed by atoms with E-state index in [0.717, 1.165) is 83.5 Å². The molecule has 0 aliphatic rings. The van der Waals surface area contributed by atoms with E-state index in [1.807, 2.05) is 0 Å². The van der Waals surface area contributed by atoms with Crippen molar-refractivity contribution in [2.75, 3.05) is 13.2 Å². The molecule has 0 spiro atoms. The summed E-state index contributed by atoms with van der Waals surface area (Å²) in [5.41, 5.74) is 0. The Hall–Kier alpha value is -2.11. The molecule has 1 atom stereocenters. The normalized spacial score (nSPS) is 12.1. The quantitative estimate of drug-likeness (QED) is 0.0263. The number of esters is 3. The molecule has 0 radical (unpaired) electrons. The van der Waals surface area contributed by atoms with Gasteiger partial charge in [-0.1, -0.05) is 225 Å². The second-order valence-corrected chi connectivity index (χ2v) is 17.4.